The van der Waals surface area contributed by atoms with Crippen LogP contribution in [0.5, 0.6) is 0 Å². The molecule has 4 aliphatic heterocycles. The molecule has 5 N–H and O–H groups in total. The minimum Gasteiger partial charge on any atom is -0.463 e. The van der Waals surface area contributed by atoms with Crippen LogP contribution < -0.4 is 0 Å². The molecule has 4 aliphatic rings. The van der Waals surface area contributed by atoms with Crippen molar-refractivity contribution in [3.05, 3.63) is 0 Å². The molecule has 18 atom stereocenters. The van der Waals surface area contributed by atoms with Gasteiger partial charge in [0.05, 0.1) is 35.5 Å². The Balaban J connectivity index is 0.000000367. The van der Waals surface area contributed by atoms with E-state index in [4.69, 9.17) is 122 Å². The van der Waals surface area contributed by atoms with E-state index in [9.17, 15) is 49.5 Å². The molecule has 27 heteroatoms. The lowest BCUT2D eigenvalue weighted by Gasteiger charge is -2.45. The van der Waals surface area contributed by atoms with E-state index in [0.29, 0.717) is 0 Å². The molecule has 0 bridgehead atoms. The lowest BCUT2D eigenvalue weighted by molar-refractivity contribution is -0.359. The molecule has 4 heterocycles. The number of alkyl halides is 6. The first-order valence-corrected chi connectivity index (χ1v) is 21.3. The van der Waals surface area contributed by atoms with Crippen molar-refractivity contribution in [3.8, 4) is 0 Å². The van der Waals surface area contributed by atoms with Gasteiger partial charge in [-0.3, -0.25) is 24.0 Å². The van der Waals surface area contributed by atoms with Gasteiger partial charge in [0.15, 0.2) is 30.7 Å². The van der Waals surface area contributed by atoms with Gasteiger partial charge in [-0.05, 0) is 0 Å². The van der Waals surface area contributed by atoms with E-state index in [1.54, 1.807) is 0 Å². The van der Waals surface area contributed by atoms with Crippen molar-refractivity contribution >= 4 is 99.5 Å². The average molecular weight is 1010 g/mol. The summed E-state index contributed by atoms with van der Waals surface area (Å²) < 4.78 is 60.4. The highest BCUT2D eigenvalue weighted by Gasteiger charge is 2.63. The third-order valence-corrected chi connectivity index (χ3v) is 11.7. The second-order valence-electron chi connectivity index (χ2n) is 13.9. The molecule has 0 amide bonds. The molecule has 21 nitrogen and oxygen atoms in total. The van der Waals surface area contributed by atoms with Crippen molar-refractivity contribution in [2.45, 2.75) is 143 Å². The Morgan fingerprint density at radius 3 is 1.52 bits per heavy atom. The predicted octanol–water partition coefficient (Wildman–Crippen LogP) is -0.458. The van der Waals surface area contributed by atoms with Gasteiger partial charge in [-0.1, -0.05) is 0 Å². The molecule has 18 unspecified atom stereocenters. The third-order valence-electron chi connectivity index (χ3n) is 9.28. The largest absolute Gasteiger partial charge is 0.463 e. The van der Waals surface area contributed by atoms with Crippen LogP contribution >= 0.6 is 69.6 Å². The highest BCUT2D eigenvalue weighted by Crippen LogP contribution is 2.42. The van der Waals surface area contributed by atoms with E-state index in [1.165, 1.54) is 0 Å². The molecule has 0 aliphatic carbocycles. The Kier molecular flexibility index (Phi) is 21.0. The van der Waals surface area contributed by atoms with E-state index in [1.807, 2.05) is 0 Å². The Labute approximate surface area is 379 Å². The van der Waals surface area contributed by atoms with Crippen molar-refractivity contribution in [1.29, 1.82) is 0 Å². The average Bonchev–Trinajstić information content (AvgIpc) is 3.61. The van der Waals surface area contributed by atoms with Gasteiger partial charge in [-0.25, -0.2) is 0 Å². The van der Waals surface area contributed by atoms with E-state index in [-0.39, 0.29) is 11.8 Å². The highest BCUT2D eigenvalue weighted by molar-refractivity contribution is 6.22. The number of rotatable bonds is 15. The fourth-order valence-corrected chi connectivity index (χ4v) is 8.20. The number of carbonyl (C=O) groups is 5. The number of hydrogen-bond acceptors (Lipinski definition) is 21. The van der Waals surface area contributed by atoms with Gasteiger partial charge >= 0.3 is 29.8 Å². The summed E-state index contributed by atoms with van der Waals surface area (Å²) in [6.45, 7) is 4.65. The Bertz CT molecular complexity index is 1500. The van der Waals surface area contributed by atoms with Crippen molar-refractivity contribution in [3.63, 3.8) is 0 Å². The second-order valence-corrected chi connectivity index (χ2v) is 16.0. The van der Waals surface area contributed by atoms with E-state index < -0.39 is 163 Å². The molecule has 0 spiro atoms. The number of aliphatic hydroxyl groups excluding tert-OH is 5. The Hall–Kier alpha value is -1.35. The molecule has 4 saturated heterocycles. The zero-order valence-electron chi connectivity index (χ0n) is 33.0. The van der Waals surface area contributed by atoms with E-state index >= 15 is 0 Å². The van der Waals surface area contributed by atoms with Crippen LogP contribution in [0.2, 0.25) is 0 Å². The van der Waals surface area contributed by atoms with Crippen LogP contribution in [0, 0.1) is 0 Å². The monoisotopic (exact) mass is 1000 g/mol. The van der Waals surface area contributed by atoms with Crippen LogP contribution in [0.1, 0.15) is 34.6 Å². The minimum absolute atomic E-state index is 0.125. The van der Waals surface area contributed by atoms with Crippen LogP contribution in [0.4, 0.5) is 0 Å². The summed E-state index contributed by atoms with van der Waals surface area (Å²) in [4.78, 5) is 59.0. The number of esters is 5. The molecular weight excluding hydrogens is 957 g/mol. The highest BCUT2D eigenvalue weighted by atomic mass is 35.5. The zero-order chi connectivity index (χ0) is 46.1. The van der Waals surface area contributed by atoms with Gasteiger partial charge in [-0.15, -0.1) is 69.6 Å². The summed E-state index contributed by atoms with van der Waals surface area (Å²) in [7, 11) is 0. The summed E-state index contributed by atoms with van der Waals surface area (Å²) in [5.74, 6) is -9.02. The van der Waals surface area contributed by atoms with Gasteiger partial charge < -0.3 is 77.6 Å². The molecule has 0 saturated carbocycles. The first kappa shape index (κ1) is 54.0. The van der Waals surface area contributed by atoms with Gasteiger partial charge in [0.1, 0.15) is 60.8 Å². The first-order chi connectivity index (χ1) is 28.5. The van der Waals surface area contributed by atoms with Gasteiger partial charge in [0.25, 0.3) is 0 Å². The number of aliphatic hydroxyl groups is 5. The Morgan fingerprint density at radius 2 is 1.05 bits per heavy atom. The molecule has 0 aromatic heterocycles. The van der Waals surface area contributed by atoms with E-state index in [2.05, 4.69) is 0 Å². The van der Waals surface area contributed by atoms with Crippen molar-refractivity contribution in [2.24, 2.45) is 0 Å². The first-order valence-electron chi connectivity index (χ1n) is 18.2. The summed E-state index contributed by atoms with van der Waals surface area (Å²) in [6, 6.07) is 0. The maximum Gasteiger partial charge on any atom is 0.303 e. The quantitative estimate of drug-likeness (QED) is 0.0788. The van der Waals surface area contributed by atoms with Gasteiger partial charge in [-0.2, -0.15) is 0 Å². The normalized spacial score (nSPS) is 40.9. The van der Waals surface area contributed by atoms with Crippen molar-refractivity contribution in [1.82, 2.24) is 0 Å². The number of hydrogen-bond donors (Lipinski definition) is 5. The van der Waals surface area contributed by atoms with Crippen molar-refractivity contribution < 1.29 is 102 Å². The number of ether oxygens (including phenoxy) is 11. The molecular formula is C34H48Cl6O21. The molecule has 61 heavy (non-hydrogen) atoms. The Morgan fingerprint density at radius 1 is 0.557 bits per heavy atom. The van der Waals surface area contributed by atoms with Gasteiger partial charge in [0.2, 0.25) is 17.9 Å². The SMILES string of the molecule is CC(=O)OCC1OC(OC2(CCl)OC(CCl)C(OC(C)=O)C2OC(C)=O)C(OC(C)=O)C(OC(C)=O)C1Cl.OCC1OC(OC2(CCl)OC(CCl)C(O)C2O)C(O)C(O)C1Cl. The molecule has 4 rings (SSSR count). The summed E-state index contributed by atoms with van der Waals surface area (Å²) in [6.07, 6.45) is -18.8. The molecule has 0 aromatic carbocycles. The summed E-state index contributed by atoms with van der Waals surface area (Å²) >= 11 is 36.1. The minimum atomic E-state index is -2.07. The van der Waals surface area contributed by atoms with E-state index in [0.717, 1.165) is 34.6 Å². The predicted molar refractivity (Wildman–Crippen MR) is 207 cm³/mol. The van der Waals surface area contributed by atoms with Crippen LogP contribution in [-0.4, -0.2) is 200 Å². The third kappa shape index (κ3) is 13.1. The second kappa shape index (κ2) is 23.7. The van der Waals surface area contributed by atoms with Crippen LogP contribution in [-0.2, 0) is 76.1 Å². The summed E-state index contributed by atoms with van der Waals surface area (Å²) in [5, 5.41) is 47.0. The topological polar surface area (TPSA) is 288 Å². The molecule has 4 fully saturated rings. The van der Waals surface area contributed by atoms with Crippen LogP contribution in [0.15, 0.2) is 0 Å². The smallest absolute Gasteiger partial charge is 0.303 e. The number of carbonyl (C=O) groups excluding carboxylic acids is 5. The molecule has 352 valence electrons. The fraction of sp³-hybridized carbons (Fsp3) is 0.853. The van der Waals surface area contributed by atoms with Crippen molar-refractivity contribution in [2.75, 3.05) is 36.7 Å². The lowest BCUT2D eigenvalue weighted by atomic mass is 10.0. The summed E-state index contributed by atoms with van der Waals surface area (Å²) in [5.41, 5.74) is 0. The standard InChI is InChI=1S/C22H29Cl3O13.C12H19Cl3O8/c1-9(26)31-7-15-16(25)18(33-11(3)28)19(34-12(4)29)21(36-15)38-22(8-24)20(35-13(5)30)17(32-10(2)27)14(6-23)37-22;13-1-4-7(17)10(20)12(3-14,22-4)23-11-9(19)8(18)6(15)5(2-16)21-11/h14-21H,6-8H2,1-5H3;4-11,16-20H,1-3H2. The lowest BCUT2D eigenvalue weighted by Crippen LogP contribution is -2.63. The van der Waals surface area contributed by atoms with Crippen LogP contribution in [0.3, 0.4) is 0 Å². The van der Waals surface area contributed by atoms with Gasteiger partial charge in [0, 0.05) is 34.6 Å². The fourth-order valence-electron chi connectivity index (χ4n) is 6.54. The van der Waals surface area contributed by atoms with Crippen LogP contribution in [0.25, 0.3) is 0 Å². The maximum atomic E-state index is 12.0. The molecule has 0 aromatic rings. The molecule has 0 radical (unpaired) electrons. The number of halogens is 6. The zero-order valence-corrected chi connectivity index (χ0v) is 37.6. The maximum absolute atomic E-state index is 12.0.